The number of benzene rings is 1. The van der Waals surface area contributed by atoms with Gasteiger partial charge in [-0.2, -0.15) is 0 Å². The van der Waals surface area contributed by atoms with Crippen molar-refractivity contribution in [3.05, 3.63) is 29.8 Å². The molecule has 0 aliphatic rings. The Morgan fingerprint density at radius 2 is 1.90 bits per heavy atom. The Morgan fingerprint density at radius 1 is 1.25 bits per heavy atom. The van der Waals surface area contributed by atoms with Crippen molar-refractivity contribution in [2.75, 3.05) is 33.8 Å². The van der Waals surface area contributed by atoms with Gasteiger partial charge in [0.25, 0.3) is 0 Å². The van der Waals surface area contributed by atoms with Crippen molar-refractivity contribution < 1.29 is 4.74 Å². The molecule has 1 N–H and O–H groups in total. The molecule has 1 atom stereocenters. The summed E-state index contributed by atoms with van der Waals surface area (Å²) >= 11 is 0. The van der Waals surface area contributed by atoms with E-state index in [1.807, 2.05) is 19.1 Å². The summed E-state index contributed by atoms with van der Waals surface area (Å²) in [6, 6.07) is 8.57. The van der Waals surface area contributed by atoms with Crippen LogP contribution in [-0.4, -0.2) is 38.7 Å². The minimum absolute atomic E-state index is 0.248. The third kappa shape index (κ3) is 5.51. The summed E-state index contributed by atoms with van der Waals surface area (Å²) < 4.78 is 5.71. The number of rotatable bonds is 8. The fourth-order valence-electron chi connectivity index (χ4n) is 2.58. The molecule has 0 saturated carbocycles. The quantitative estimate of drug-likeness (QED) is 0.789. The Bertz CT molecular complexity index is 402. The third-order valence-electron chi connectivity index (χ3n) is 3.32. The summed E-state index contributed by atoms with van der Waals surface area (Å²) in [5, 5.41) is 3.64. The average Bonchev–Trinajstić information content (AvgIpc) is 2.36. The SMILES string of the molecule is CCOc1ccccc1C(C)NCC(C)(C)CN(C)C. The van der Waals surface area contributed by atoms with Gasteiger partial charge in [0.05, 0.1) is 6.61 Å². The molecule has 0 amide bonds. The Kier molecular flexibility index (Phi) is 6.50. The molecule has 0 aromatic heterocycles. The van der Waals surface area contributed by atoms with Gasteiger partial charge < -0.3 is 15.0 Å². The molecule has 1 unspecified atom stereocenters. The molecule has 0 spiro atoms. The van der Waals surface area contributed by atoms with E-state index in [1.54, 1.807) is 0 Å². The van der Waals surface area contributed by atoms with Crippen LogP contribution >= 0.6 is 0 Å². The van der Waals surface area contributed by atoms with Gasteiger partial charge in [-0.1, -0.05) is 32.0 Å². The first-order valence-corrected chi connectivity index (χ1v) is 7.45. The largest absolute Gasteiger partial charge is 0.494 e. The number of nitrogens with one attached hydrogen (secondary N) is 1. The van der Waals surface area contributed by atoms with Gasteiger partial charge in [0.2, 0.25) is 0 Å². The molecule has 0 aliphatic carbocycles. The summed E-state index contributed by atoms with van der Waals surface area (Å²) in [7, 11) is 4.24. The van der Waals surface area contributed by atoms with E-state index >= 15 is 0 Å². The molecule has 1 rings (SSSR count). The van der Waals surface area contributed by atoms with Crippen molar-refractivity contribution >= 4 is 0 Å². The van der Waals surface area contributed by atoms with Crippen LogP contribution in [0.1, 0.15) is 39.3 Å². The smallest absolute Gasteiger partial charge is 0.124 e. The topological polar surface area (TPSA) is 24.5 Å². The highest BCUT2D eigenvalue weighted by atomic mass is 16.5. The summed E-state index contributed by atoms with van der Waals surface area (Å²) in [6.07, 6.45) is 0. The second-order valence-corrected chi connectivity index (χ2v) is 6.48. The Morgan fingerprint density at radius 3 is 2.50 bits per heavy atom. The third-order valence-corrected chi connectivity index (χ3v) is 3.32. The second kappa shape index (κ2) is 7.65. The molecule has 114 valence electrons. The van der Waals surface area contributed by atoms with E-state index in [-0.39, 0.29) is 5.41 Å². The van der Waals surface area contributed by atoms with Crippen LogP contribution in [0.4, 0.5) is 0 Å². The van der Waals surface area contributed by atoms with Crippen LogP contribution in [0.3, 0.4) is 0 Å². The monoisotopic (exact) mass is 278 g/mol. The van der Waals surface area contributed by atoms with E-state index in [0.29, 0.717) is 12.6 Å². The summed E-state index contributed by atoms with van der Waals surface area (Å²) in [4.78, 5) is 2.24. The Labute approximate surface area is 124 Å². The zero-order chi connectivity index (χ0) is 15.2. The van der Waals surface area contributed by atoms with E-state index in [4.69, 9.17) is 4.74 Å². The lowest BCUT2D eigenvalue weighted by Crippen LogP contribution is -2.38. The van der Waals surface area contributed by atoms with Gasteiger partial charge in [-0.25, -0.2) is 0 Å². The first kappa shape index (κ1) is 17.0. The van der Waals surface area contributed by atoms with E-state index in [2.05, 4.69) is 57.2 Å². The molecule has 1 aromatic carbocycles. The molecule has 0 heterocycles. The molecule has 20 heavy (non-hydrogen) atoms. The number of hydrogen-bond acceptors (Lipinski definition) is 3. The highest BCUT2D eigenvalue weighted by Crippen LogP contribution is 2.25. The molecule has 0 radical (unpaired) electrons. The van der Waals surface area contributed by atoms with Crippen molar-refractivity contribution in [1.29, 1.82) is 0 Å². The average molecular weight is 278 g/mol. The fourth-order valence-corrected chi connectivity index (χ4v) is 2.58. The first-order valence-electron chi connectivity index (χ1n) is 7.45. The molecular formula is C17H30N2O. The van der Waals surface area contributed by atoms with Crippen LogP contribution in [0.5, 0.6) is 5.75 Å². The minimum atomic E-state index is 0.248. The van der Waals surface area contributed by atoms with Crippen LogP contribution in [0.15, 0.2) is 24.3 Å². The number of para-hydroxylation sites is 1. The molecule has 0 aliphatic heterocycles. The Balaban J connectivity index is 2.65. The van der Waals surface area contributed by atoms with Crippen molar-refractivity contribution in [1.82, 2.24) is 10.2 Å². The fraction of sp³-hybridized carbons (Fsp3) is 0.647. The minimum Gasteiger partial charge on any atom is -0.494 e. The number of hydrogen-bond donors (Lipinski definition) is 1. The first-order chi connectivity index (χ1) is 9.35. The van der Waals surface area contributed by atoms with E-state index in [0.717, 1.165) is 18.8 Å². The van der Waals surface area contributed by atoms with Crippen LogP contribution in [0.2, 0.25) is 0 Å². The van der Waals surface area contributed by atoms with Crippen LogP contribution in [0.25, 0.3) is 0 Å². The lowest BCUT2D eigenvalue weighted by atomic mass is 9.92. The van der Waals surface area contributed by atoms with Crippen molar-refractivity contribution in [2.45, 2.75) is 33.7 Å². The van der Waals surface area contributed by atoms with E-state index in [1.165, 1.54) is 5.56 Å². The second-order valence-electron chi connectivity index (χ2n) is 6.48. The zero-order valence-electron chi connectivity index (χ0n) is 13.9. The maximum absolute atomic E-state index is 5.71. The van der Waals surface area contributed by atoms with Gasteiger partial charge in [0.15, 0.2) is 0 Å². The molecule has 0 fully saturated rings. The lowest BCUT2D eigenvalue weighted by Gasteiger charge is -2.30. The highest BCUT2D eigenvalue weighted by Gasteiger charge is 2.20. The maximum atomic E-state index is 5.71. The Hall–Kier alpha value is -1.06. The predicted octanol–water partition coefficient (Wildman–Crippen LogP) is 3.32. The number of ether oxygens (including phenoxy) is 1. The van der Waals surface area contributed by atoms with Gasteiger partial charge in [0, 0.05) is 24.7 Å². The highest BCUT2D eigenvalue weighted by molar-refractivity contribution is 5.35. The molecule has 1 aromatic rings. The normalized spacial score (nSPS) is 13.6. The van der Waals surface area contributed by atoms with Gasteiger partial charge >= 0.3 is 0 Å². The summed E-state index contributed by atoms with van der Waals surface area (Å²) in [5.74, 6) is 0.986. The van der Waals surface area contributed by atoms with E-state index in [9.17, 15) is 0 Å². The predicted molar refractivity (Wildman–Crippen MR) is 86.4 cm³/mol. The molecule has 0 saturated heterocycles. The number of nitrogens with zero attached hydrogens (tertiary/aromatic N) is 1. The molecule has 3 nitrogen and oxygen atoms in total. The molecule has 0 bridgehead atoms. The van der Waals surface area contributed by atoms with Crippen LogP contribution in [-0.2, 0) is 0 Å². The van der Waals surface area contributed by atoms with Gasteiger partial charge in [0.1, 0.15) is 5.75 Å². The standard InChI is InChI=1S/C17H30N2O/c1-7-20-16-11-9-8-10-15(16)14(2)18-12-17(3,4)13-19(5)6/h8-11,14,18H,7,12-13H2,1-6H3. The van der Waals surface area contributed by atoms with Gasteiger partial charge in [-0.3, -0.25) is 0 Å². The summed E-state index contributed by atoms with van der Waals surface area (Å²) in [5.41, 5.74) is 1.48. The van der Waals surface area contributed by atoms with Crippen LogP contribution < -0.4 is 10.1 Å². The lowest BCUT2D eigenvalue weighted by molar-refractivity contribution is 0.226. The maximum Gasteiger partial charge on any atom is 0.124 e. The summed E-state index contributed by atoms with van der Waals surface area (Å²) in [6.45, 7) is 11.6. The van der Waals surface area contributed by atoms with Crippen molar-refractivity contribution in [2.24, 2.45) is 5.41 Å². The molecule has 3 heteroatoms. The van der Waals surface area contributed by atoms with Crippen LogP contribution in [0, 0.1) is 5.41 Å². The van der Waals surface area contributed by atoms with E-state index < -0.39 is 0 Å². The molecular weight excluding hydrogens is 248 g/mol. The van der Waals surface area contributed by atoms with Crippen molar-refractivity contribution in [3.63, 3.8) is 0 Å². The van der Waals surface area contributed by atoms with Gasteiger partial charge in [-0.15, -0.1) is 0 Å². The van der Waals surface area contributed by atoms with Gasteiger partial charge in [-0.05, 0) is 39.4 Å². The zero-order valence-corrected chi connectivity index (χ0v) is 13.9. The van der Waals surface area contributed by atoms with Crippen molar-refractivity contribution in [3.8, 4) is 5.75 Å².